The molecule has 1 heterocycles. The Hall–Kier alpha value is -1.79. The summed E-state index contributed by atoms with van der Waals surface area (Å²) in [6, 6.07) is -0.234. The molecule has 24 heavy (non-hydrogen) atoms. The highest BCUT2D eigenvalue weighted by atomic mass is 16.6. The largest absolute Gasteiger partial charge is 0.469 e. The fourth-order valence-corrected chi connectivity index (χ4v) is 3.49. The molecule has 136 valence electrons. The van der Waals surface area contributed by atoms with E-state index in [1.54, 1.807) is 4.90 Å². The van der Waals surface area contributed by atoms with Crippen molar-refractivity contribution < 1.29 is 23.9 Å². The third-order valence-corrected chi connectivity index (χ3v) is 4.52. The first-order chi connectivity index (χ1) is 11.2. The van der Waals surface area contributed by atoms with Crippen LogP contribution in [0.15, 0.2) is 0 Å². The van der Waals surface area contributed by atoms with E-state index in [-0.39, 0.29) is 30.4 Å². The molecule has 0 aromatic heterocycles. The number of hydrogen-bond acceptors (Lipinski definition) is 5. The fraction of sp³-hybridized carbons (Fsp3) is 0.824. The minimum Gasteiger partial charge on any atom is -0.469 e. The molecule has 3 atom stereocenters. The summed E-state index contributed by atoms with van der Waals surface area (Å²) in [5.74, 6) is -0.807. The van der Waals surface area contributed by atoms with Crippen molar-refractivity contribution in [2.45, 2.75) is 70.6 Å². The smallest absolute Gasteiger partial charge is 0.407 e. The van der Waals surface area contributed by atoms with E-state index in [0.717, 1.165) is 25.7 Å². The van der Waals surface area contributed by atoms with Gasteiger partial charge in [0.25, 0.3) is 0 Å². The van der Waals surface area contributed by atoms with Gasteiger partial charge in [-0.2, -0.15) is 0 Å². The van der Waals surface area contributed by atoms with Crippen molar-refractivity contribution in [3.8, 4) is 0 Å². The topological polar surface area (TPSA) is 84.9 Å². The highest BCUT2D eigenvalue weighted by Crippen LogP contribution is 2.29. The monoisotopic (exact) mass is 340 g/mol. The van der Waals surface area contributed by atoms with Crippen LogP contribution < -0.4 is 5.32 Å². The first-order valence-electron chi connectivity index (χ1n) is 8.58. The van der Waals surface area contributed by atoms with Crippen molar-refractivity contribution in [1.29, 1.82) is 0 Å². The van der Waals surface area contributed by atoms with Crippen molar-refractivity contribution >= 4 is 18.0 Å². The molecule has 1 saturated carbocycles. The van der Waals surface area contributed by atoms with Gasteiger partial charge in [0.15, 0.2) is 0 Å². The Morgan fingerprint density at radius 1 is 1.21 bits per heavy atom. The Balaban J connectivity index is 2.02. The molecule has 2 amide bonds. The molecule has 0 aromatic rings. The summed E-state index contributed by atoms with van der Waals surface area (Å²) < 4.78 is 10.1. The Labute approximate surface area is 143 Å². The molecule has 1 aliphatic carbocycles. The average molecular weight is 340 g/mol. The van der Waals surface area contributed by atoms with Gasteiger partial charge >= 0.3 is 12.1 Å². The van der Waals surface area contributed by atoms with Crippen LogP contribution in [-0.4, -0.2) is 54.2 Å². The lowest BCUT2D eigenvalue weighted by molar-refractivity contribution is -0.145. The second kappa shape index (κ2) is 7.40. The molecule has 2 fully saturated rings. The Kier molecular flexibility index (Phi) is 5.72. The lowest BCUT2D eigenvalue weighted by Crippen LogP contribution is -2.54. The first kappa shape index (κ1) is 18.5. The molecule has 2 rings (SSSR count). The highest BCUT2D eigenvalue weighted by Gasteiger charge is 2.42. The van der Waals surface area contributed by atoms with Gasteiger partial charge in [-0.3, -0.25) is 9.59 Å². The zero-order chi connectivity index (χ0) is 17.9. The van der Waals surface area contributed by atoms with Crippen LogP contribution in [0.1, 0.15) is 52.9 Å². The summed E-state index contributed by atoms with van der Waals surface area (Å²) in [6.07, 6.45) is 3.35. The van der Waals surface area contributed by atoms with Gasteiger partial charge in [-0.25, -0.2) is 4.79 Å². The van der Waals surface area contributed by atoms with Crippen LogP contribution in [0.3, 0.4) is 0 Å². The van der Waals surface area contributed by atoms with Crippen LogP contribution in [-0.2, 0) is 19.1 Å². The maximum absolute atomic E-state index is 12.3. The number of carbonyl (C=O) groups is 3. The number of nitrogens with zero attached hydrogens (tertiary/aromatic N) is 1. The molecule has 1 N–H and O–H groups in total. The van der Waals surface area contributed by atoms with Gasteiger partial charge in [-0.05, 0) is 33.6 Å². The fourth-order valence-electron chi connectivity index (χ4n) is 3.49. The van der Waals surface area contributed by atoms with Crippen LogP contribution in [0.4, 0.5) is 4.79 Å². The van der Waals surface area contributed by atoms with E-state index in [2.05, 4.69) is 5.32 Å². The zero-order valence-corrected chi connectivity index (χ0v) is 15.0. The zero-order valence-electron chi connectivity index (χ0n) is 15.0. The molecule has 3 unspecified atom stereocenters. The number of amides is 2. The molecule has 7 nitrogen and oxygen atoms in total. The van der Waals surface area contributed by atoms with Crippen molar-refractivity contribution in [1.82, 2.24) is 10.2 Å². The third kappa shape index (κ3) is 4.61. The van der Waals surface area contributed by atoms with Crippen LogP contribution in [0.5, 0.6) is 0 Å². The molecule has 2 aliphatic rings. The molecule has 0 radical (unpaired) electrons. The van der Waals surface area contributed by atoms with E-state index in [0.29, 0.717) is 6.54 Å². The van der Waals surface area contributed by atoms with E-state index in [1.165, 1.54) is 7.11 Å². The molecule has 1 saturated heterocycles. The molecular formula is C17H28N2O5. The van der Waals surface area contributed by atoms with Gasteiger partial charge in [0.2, 0.25) is 5.91 Å². The second-order valence-corrected chi connectivity index (χ2v) is 7.57. The number of nitrogens with one attached hydrogen (secondary N) is 1. The summed E-state index contributed by atoms with van der Waals surface area (Å²) in [6.45, 7) is 5.81. The van der Waals surface area contributed by atoms with Crippen LogP contribution in [0, 0.1) is 5.92 Å². The van der Waals surface area contributed by atoms with Gasteiger partial charge in [0.05, 0.1) is 25.1 Å². The number of carbonyl (C=O) groups excluding carboxylic acids is 3. The number of methoxy groups -OCH3 is 1. The number of ether oxygens (including phenoxy) is 2. The van der Waals surface area contributed by atoms with E-state index < -0.39 is 17.6 Å². The molecule has 0 aromatic carbocycles. The van der Waals surface area contributed by atoms with Gasteiger partial charge in [0, 0.05) is 13.0 Å². The lowest BCUT2D eigenvalue weighted by Gasteiger charge is -2.38. The maximum Gasteiger partial charge on any atom is 0.407 e. The number of alkyl carbamates (subject to hydrolysis) is 1. The van der Waals surface area contributed by atoms with Crippen LogP contribution >= 0.6 is 0 Å². The predicted octanol–water partition coefficient (Wildman–Crippen LogP) is 1.84. The summed E-state index contributed by atoms with van der Waals surface area (Å²) in [5, 5.41) is 2.91. The summed E-state index contributed by atoms with van der Waals surface area (Å²) in [5.41, 5.74) is -0.562. The Morgan fingerprint density at radius 2 is 1.88 bits per heavy atom. The van der Waals surface area contributed by atoms with Crippen molar-refractivity contribution in [3.05, 3.63) is 0 Å². The highest BCUT2D eigenvalue weighted by molar-refractivity contribution is 5.87. The summed E-state index contributed by atoms with van der Waals surface area (Å²) in [7, 11) is 1.34. The minimum absolute atomic E-state index is 0.0479. The predicted molar refractivity (Wildman–Crippen MR) is 87.2 cm³/mol. The number of rotatable bonds is 3. The second-order valence-electron chi connectivity index (χ2n) is 7.57. The minimum atomic E-state index is -0.562. The first-order valence-corrected chi connectivity index (χ1v) is 8.58. The van der Waals surface area contributed by atoms with Crippen molar-refractivity contribution in [2.24, 2.45) is 5.92 Å². The van der Waals surface area contributed by atoms with E-state index >= 15 is 0 Å². The molecular weight excluding hydrogens is 312 g/mol. The number of likely N-dealkylation sites (tertiary alicyclic amines) is 1. The average Bonchev–Trinajstić information content (AvgIpc) is 2.87. The maximum atomic E-state index is 12.3. The summed E-state index contributed by atoms with van der Waals surface area (Å²) in [4.78, 5) is 37.9. The number of esters is 1. The van der Waals surface area contributed by atoms with Gasteiger partial charge < -0.3 is 19.7 Å². The Bertz CT molecular complexity index is 500. The van der Waals surface area contributed by atoms with Crippen molar-refractivity contribution in [2.75, 3.05) is 13.7 Å². The van der Waals surface area contributed by atoms with Crippen LogP contribution in [0.2, 0.25) is 0 Å². The molecule has 1 aliphatic heterocycles. The molecule has 0 bridgehead atoms. The van der Waals surface area contributed by atoms with E-state index in [9.17, 15) is 14.4 Å². The van der Waals surface area contributed by atoms with E-state index in [4.69, 9.17) is 9.47 Å². The standard InChI is InChI=1S/C17H28N2O5/c1-17(2,3)24-16(22)18-12-7-5-6-8-13(12)19-10-11(9-14(19)20)15(21)23-4/h11-13H,5-10H2,1-4H3,(H,18,22). The van der Waals surface area contributed by atoms with Gasteiger partial charge in [-0.15, -0.1) is 0 Å². The van der Waals surface area contributed by atoms with E-state index in [1.807, 2.05) is 20.8 Å². The third-order valence-electron chi connectivity index (χ3n) is 4.52. The Morgan fingerprint density at radius 3 is 2.50 bits per heavy atom. The van der Waals surface area contributed by atoms with Gasteiger partial charge in [-0.1, -0.05) is 12.8 Å². The quantitative estimate of drug-likeness (QED) is 0.793. The van der Waals surface area contributed by atoms with Crippen LogP contribution in [0.25, 0.3) is 0 Å². The normalized spacial score (nSPS) is 27.8. The number of hydrogen-bond donors (Lipinski definition) is 1. The van der Waals surface area contributed by atoms with Gasteiger partial charge in [0.1, 0.15) is 5.60 Å². The molecule has 7 heteroatoms. The molecule has 0 spiro atoms. The van der Waals surface area contributed by atoms with Crippen molar-refractivity contribution in [3.63, 3.8) is 0 Å². The SMILES string of the molecule is COC(=O)C1CC(=O)N(C2CCCCC2NC(=O)OC(C)(C)C)C1. The lowest BCUT2D eigenvalue weighted by atomic mass is 9.89. The summed E-state index contributed by atoms with van der Waals surface area (Å²) >= 11 is 0.